The molecule has 9 rings (SSSR count). The number of benzene rings is 7. The second kappa shape index (κ2) is 12.4. The van der Waals surface area contributed by atoms with Crippen molar-refractivity contribution in [2.45, 2.75) is 52.4 Å². The molecule has 0 aromatic heterocycles. The Hall–Kier alpha value is -5.80. The number of fused-ring (bicyclic) bond motifs is 4. The Balaban J connectivity index is 1.41. The molecule has 2 heterocycles. The molecule has 2 aliphatic heterocycles. The van der Waals surface area contributed by atoms with Gasteiger partial charge in [0.25, 0.3) is 6.71 Å². The van der Waals surface area contributed by atoms with Crippen LogP contribution in [0.25, 0.3) is 22.3 Å². The van der Waals surface area contributed by atoms with Crippen molar-refractivity contribution >= 4 is 57.2 Å². The number of nitrogens with zero attached hydrogens (tertiary/aromatic N) is 2. The predicted molar refractivity (Wildman–Crippen MR) is 229 cm³/mol. The normalized spacial score (nSPS) is 13.4. The standard InChI is InChI=1S/C50H45BN2/c1-49(2,3)36-28-30-41-45(32-36)52(38-22-14-9-15-23-38)43-26-17-27-44-47(43)51(41)42-31-29-37(50(4,5)6)33-46(42)53(44)48-39(34-18-10-7-11-19-34)24-16-25-40(48)35-20-12-8-13-21-35/h7-33H,1-6H3. The van der Waals surface area contributed by atoms with Gasteiger partial charge in [0.1, 0.15) is 0 Å². The molecular weight excluding hydrogens is 639 g/mol. The molecule has 0 radical (unpaired) electrons. The molecule has 7 aromatic carbocycles. The molecule has 2 aliphatic rings. The predicted octanol–water partition coefficient (Wildman–Crippen LogP) is 11.7. The third kappa shape index (κ3) is 5.49. The van der Waals surface area contributed by atoms with Crippen LogP contribution in [0.4, 0.5) is 34.1 Å². The van der Waals surface area contributed by atoms with E-state index >= 15 is 0 Å². The van der Waals surface area contributed by atoms with Gasteiger partial charge in [-0.3, -0.25) is 0 Å². The lowest BCUT2D eigenvalue weighted by molar-refractivity contribution is 0.590. The van der Waals surface area contributed by atoms with Crippen LogP contribution in [0.1, 0.15) is 52.7 Å². The highest BCUT2D eigenvalue weighted by Crippen LogP contribution is 2.50. The molecule has 0 saturated carbocycles. The largest absolute Gasteiger partial charge is 0.311 e. The summed E-state index contributed by atoms with van der Waals surface area (Å²) >= 11 is 0. The fourth-order valence-corrected chi connectivity index (χ4v) is 8.44. The molecule has 0 spiro atoms. The van der Waals surface area contributed by atoms with Crippen molar-refractivity contribution in [1.82, 2.24) is 0 Å². The summed E-state index contributed by atoms with van der Waals surface area (Å²) in [5.74, 6) is 0. The van der Waals surface area contributed by atoms with E-state index in [1.807, 2.05) is 0 Å². The third-order valence-corrected chi connectivity index (χ3v) is 11.2. The van der Waals surface area contributed by atoms with E-state index in [1.165, 1.54) is 83.9 Å². The smallest absolute Gasteiger partial charge is 0.252 e. The topological polar surface area (TPSA) is 6.48 Å². The van der Waals surface area contributed by atoms with E-state index < -0.39 is 0 Å². The lowest BCUT2D eigenvalue weighted by Gasteiger charge is -2.45. The van der Waals surface area contributed by atoms with Gasteiger partial charge >= 0.3 is 0 Å². The number of anilines is 6. The number of hydrogen-bond acceptors (Lipinski definition) is 2. The van der Waals surface area contributed by atoms with E-state index in [0.717, 1.165) is 0 Å². The summed E-state index contributed by atoms with van der Waals surface area (Å²) in [7, 11) is 0. The van der Waals surface area contributed by atoms with Gasteiger partial charge in [-0.15, -0.1) is 0 Å². The summed E-state index contributed by atoms with van der Waals surface area (Å²) in [5.41, 5.74) is 18.8. The van der Waals surface area contributed by atoms with Crippen LogP contribution < -0.4 is 26.2 Å². The Morgan fingerprint density at radius 2 is 0.830 bits per heavy atom. The van der Waals surface area contributed by atoms with Gasteiger partial charge in [-0.05, 0) is 85.9 Å². The zero-order chi connectivity index (χ0) is 36.5. The molecule has 0 unspecified atom stereocenters. The average Bonchev–Trinajstić information content (AvgIpc) is 3.17. The number of rotatable bonds is 4. The monoisotopic (exact) mass is 684 g/mol. The number of para-hydroxylation sites is 2. The maximum atomic E-state index is 2.60. The molecule has 0 atom stereocenters. The minimum Gasteiger partial charge on any atom is -0.311 e. The van der Waals surface area contributed by atoms with Crippen LogP contribution in [0.2, 0.25) is 0 Å². The van der Waals surface area contributed by atoms with Crippen LogP contribution in [0, 0.1) is 0 Å². The summed E-state index contributed by atoms with van der Waals surface area (Å²) < 4.78 is 0. The minimum atomic E-state index is -0.0276. The Labute approximate surface area is 315 Å². The van der Waals surface area contributed by atoms with Gasteiger partial charge in [-0.1, -0.05) is 169 Å². The first-order chi connectivity index (χ1) is 25.6. The van der Waals surface area contributed by atoms with E-state index in [1.54, 1.807) is 0 Å². The highest BCUT2D eigenvalue weighted by molar-refractivity contribution is 7.00. The summed E-state index contributed by atoms with van der Waals surface area (Å²) in [5, 5.41) is 0. The Bertz CT molecular complexity index is 2420. The molecule has 0 bridgehead atoms. The molecule has 258 valence electrons. The van der Waals surface area contributed by atoms with Gasteiger partial charge < -0.3 is 9.80 Å². The molecule has 0 N–H and O–H groups in total. The van der Waals surface area contributed by atoms with E-state index in [0.29, 0.717) is 0 Å². The van der Waals surface area contributed by atoms with E-state index in [-0.39, 0.29) is 17.5 Å². The highest BCUT2D eigenvalue weighted by atomic mass is 15.2. The summed E-state index contributed by atoms with van der Waals surface area (Å²) in [4.78, 5) is 5.11. The molecule has 3 heteroatoms. The first kappa shape index (κ1) is 33.1. The van der Waals surface area contributed by atoms with Crippen molar-refractivity contribution < 1.29 is 0 Å². The average molecular weight is 685 g/mol. The van der Waals surface area contributed by atoms with E-state index in [9.17, 15) is 0 Å². The third-order valence-electron chi connectivity index (χ3n) is 11.2. The zero-order valence-electron chi connectivity index (χ0n) is 31.6. The summed E-state index contributed by atoms with van der Waals surface area (Å²) in [6, 6.07) is 61.0. The second-order valence-electron chi connectivity index (χ2n) is 16.6. The Morgan fingerprint density at radius 3 is 1.32 bits per heavy atom. The van der Waals surface area contributed by atoms with E-state index in [4.69, 9.17) is 0 Å². The number of hydrogen-bond donors (Lipinski definition) is 0. The van der Waals surface area contributed by atoms with Gasteiger partial charge in [0.05, 0.1) is 5.69 Å². The van der Waals surface area contributed by atoms with Crippen LogP contribution in [-0.4, -0.2) is 6.71 Å². The summed E-state index contributed by atoms with van der Waals surface area (Å²) in [6.45, 7) is 14.0. The Morgan fingerprint density at radius 1 is 0.396 bits per heavy atom. The van der Waals surface area contributed by atoms with Crippen molar-refractivity contribution in [3.8, 4) is 22.3 Å². The SMILES string of the molecule is CC(C)(C)c1ccc2c(c1)N(c1ccccc1)c1cccc3c1B2c1ccc(C(C)(C)C)cc1N3c1c(-c2ccccc2)cccc1-c1ccccc1. The van der Waals surface area contributed by atoms with E-state index in [2.05, 4.69) is 215 Å². The molecule has 53 heavy (non-hydrogen) atoms. The fraction of sp³-hybridized carbons (Fsp3) is 0.160. The van der Waals surface area contributed by atoms with Crippen molar-refractivity contribution in [1.29, 1.82) is 0 Å². The minimum absolute atomic E-state index is 0.0113. The van der Waals surface area contributed by atoms with Crippen molar-refractivity contribution in [2.75, 3.05) is 9.80 Å². The van der Waals surface area contributed by atoms with Crippen LogP contribution in [-0.2, 0) is 10.8 Å². The molecule has 0 fully saturated rings. The lowest BCUT2D eigenvalue weighted by Crippen LogP contribution is -2.61. The van der Waals surface area contributed by atoms with Gasteiger partial charge in [-0.25, -0.2) is 0 Å². The zero-order valence-corrected chi connectivity index (χ0v) is 31.6. The molecule has 0 saturated heterocycles. The van der Waals surface area contributed by atoms with Crippen LogP contribution >= 0.6 is 0 Å². The van der Waals surface area contributed by atoms with Gasteiger partial charge in [-0.2, -0.15) is 0 Å². The van der Waals surface area contributed by atoms with Crippen molar-refractivity contribution in [3.05, 3.63) is 175 Å². The highest BCUT2D eigenvalue weighted by Gasteiger charge is 2.44. The summed E-state index contributed by atoms with van der Waals surface area (Å²) in [6.07, 6.45) is 0. The Kier molecular flexibility index (Phi) is 7.75. The molecule has 2 nitrogen and oxygen atoms in total. The molecular formula is C50H45BN2. The maximum absolute atomic E-state index is 2.60. The maximum Gasteiger partial charge on any atom is 0.252 e. The van der Waals surface area contributed by atoms with Crippen molar-refractivity contribution in [2.24, 2.45) is 0 Å². The van der Waals surface area contributed by atoms with Gasteiger partial charge in [0.15, 0.2) is 0 Å². The van der Waals surface area contributed by atoms with Crippen LogP contribution in [0.15, 0.2) is 164 Å². The fourth-order valence-electron chi connectivity index (χ4n) is 8.44. The second-order valence-corrected chi connectivity index (χ2v) is 16.6. The van der Waals surface area contributed by atoms with Crippen LogP contribution in [0.5, 0.6) is 0 Å². The molecule has 7 aromatic rings. The molecule has 0 aliphatic carbocycles. The molecule has 0 amide bonds. The van der Waals surface area contributed by atoms with Gasteiger partial charge in [0, 0.05) is 39.6 Å². The lowest BCUT2D eigenvalue weighted by atomic mass is 9.33. The van der Waals surface area contributed by atoms with Crippen LogP contribution in [0.3, 0.4) is 0 Å². The van der Waals surface area contributed by atoms with Gasteiger partial charge in [0.2, 0.25) is 0 Å². The first-order valence-electron chi connectivity index (χ1n) is 18.9. The first-order valence-corrected chi connectivity index (χ1v) is 18.9. The van der Waals surface area contributed by atoms with Crippen molar-refractivity contribution in [3.63, 3.8) is 0 Å². The quantitative estimate of drug-likeness (QED) is 0.170.